The van der Waals surface area contributed by atoms with Crippen molar-refractivity contribution >= 4 is 23.4 Å². The van der Waals surface area contributed by atoms with E-state index in [1.165, 1.54) is 19.4 Å². The molecule has 198 valence electrons. The number of hydrogen-bond donors (Lipinski definition) is 1. The van der Waals surface area contributed by atoms with Gasteiger partial charge >= 0.3 is 0 Å². The van der Waals surface area contributed by atoms with Gasteiger partial charge in [0.25, 0.3) is 11.8 Å². The van der Waals surface area contributed by atoms with Gasteiger partial charge in [0.1, 0.15) is 5.75 Å². The molecule has 5 rings (SSSR count). The van der Waals surface area contributed by atoms with Crippen LogP contribution < -0.4 is 14.8 Å². The normalized spacial score (nSPS) is 18.0. The van der Waals surface area contributed by atoms with Gasteiger partial charge in [0.2, 0.25) is 11.7 Å². The van der Waals surface area contributed by atoms with Crippen LogP contribution in [0.5, 0.6) is 17.4 Å². The Bertz CT molecular complexity index is 1340. The van der Waals surface area contributed by atoms with Crippen molar-refractivity contribution in [1.29, 1.82) is 0 Å². The molecule has 7 nitrogen and oxygen atoms in total. The molecule has 3 aromatic rings. The summed E-state index contributed by atoms with van der Waals surface area (Å²) in [5, 5.41) is 3.67. The molecule has 1 unspecified atom stereocenters. The molecule has 38 heavy (non-hydrogen) atoms. The van der Waals surface area contributed by atoms with Crippen LogP contribution in [-0.4, -0.2) is 47.9 Å². The number of carbonyl (C=O) groups is 2. The second-order valence-corrected chi connectivity index (χ2v) is 10.0. The van der Waals surface area contributed by atoms with Crippen LogP contribution in [0.1, 0.15) is 46.4 Å². The number of nitrogens with one attached hydrogen (secondary N) is 1. The fourth-order valence-electron chi connectivity index (χ4n) is 5.21. The van der Waals surface area contributed by atoms with Crippen LogP contribution in [0.4, 0.5) is 8.78 Å². The minimum atomic E-state index is -1.17. The number of benzene rings is 2. The predicted octanol–water partition coefficient (Wildman–Crippen LogP) is 5.63. The molecule has 1 aromatic heterocycles. The van der Waals surface area contributed by atoms with Gasteiger partial charge in [-0.05, 0) is 73.6 Å². The second kappa shape index (κ2) is 10.6. The maximum atomic E-state index is 14.1. The lowest BCUT2D eigenvalue weighted by atomic mass is 9.59. The van der Waals surface area contributed by atoms with E-state index in [0.29, 0.717) is 48.1 Å². The van der Waals surface area contributed by atoms with Crippen molar-refractivity contribution in [3.63, 3.8) is 0 Å². The van der Waals surface area contributed by atoms with E-state index in [1.54, 1.807) is 41.3 Å². The molecule has 2 heterocycles. The van der Waals surface area contributed by atoms with Gasteiger partial charge in [0.05, 0.1) is 17.7 Å². The molecule has 1 saturated carbocycles. The topological polar surface area (TPSA) is 80.8 Å². The first-order chi connectivity index (χ1) is 18.3. The summed E-state index contributed by atoms with van der Waals surface area (Å²) >= 11 is 5.84. The number of aromatic nitrogens is 1. The molecular weight excluding hydrogens is 516 g/mol. The van der Waals surface area contributed by atoms with Crippen LogP contribution in [0, 0.1) is 17.0 Å². The summed E-state index contributed by atoms with van der Waals surface area (Å²) in [6, 6.07) is 12.3. The minimum absolute atomic E-state index is 0.0000762. The number of rotatable bonds is 6. The summed E-state index contributed by atoms with van der Waals surface area (Å²) in [7, 11) is 1.21. The molecule has 2 aliphatic rings. The van der Waals surface area contributed by atoms with Crippen molar-refractivity contribution < 1.29 is 27.8 Å². The highest BCUT2D eigenvalue weighted by atomic mass is 35.5. The van der Waals surface area contributed by atoms with Gasteiger partial charge in [-0.2, -0.15) is 4.39 Å². The zero-order chi connectivity index (χ0) is 26.9. The fraction of sp³-hybridized carbons (Fsp3) is 0.321. The number of halogens is 3. The minimum Gasteiger partial charge on any atom is -0.493 e. The molecule has 1 spiro atoms. The zero-order valence-electron chi connectivity index (χ0n) is 20.7. The predicted molar refractivity (Wildman–Crippen MR) is 137 cm³/mol. The van der Waals surface area contributed by atoms with Crippen LogP contribution in [0.3, 0.4) is 0 Å². The van der Waals surface area contributed by atoms with Gasteiger partial charge < -0.3 is 19.7 Å². The Balaban J connectivity index is 1.17. The SMILES string of the molecule is COc1c(C(=O)N2CCC3(CCC3NC(=O)c3ccc(Oc4ccc(Cl)cn4)cc3)CC2)ccc(F)c1F. The average molecular weight is 542 g/mol. The van der Waals surface area contributed by atoms with Gasteiger partial charge in [-0.3, -0.25) is 9.59 Å². The Labute approximate surface area is 223 Å². The van der Waals surface area contributed by atoms with Gasteiger partial charge in [0, 0.05) is 37.0 Å². The summed E-state index contributed by atoms with van der Waals surface area (Å²) in [6.07, 6.45) is 4.72. The third-order valence-corrected chi connectivity index (χ3v) is 7.77. The smallest absolute Gasteiger partial charge is 0.257 e. The monoisotopic (exact) mass is 541 g/mol. The lowest BCUT2D eigenvalue weighted by Crippen LogP contribution is -2.59. The first-order valence-corrected chi connectivity index (χ1v) is 12.7. The molecule has 0 bridgehead atoms. The largest absolute Gasteiger partial charge is 0.493 e. The zero-order valence-corrected chi connectivity index (χ0v) is 21.4. The molecule has 10 heteroatoms. The number of nitrogens with zero attached hydrogens (tertiary/aromatic N) is 2. The third-order valence-electron chi connectivity index (χ3n) is 7.55. The van der Waals surface area contributed by atoms with Gasteiger partial charge in [0.15, 0.2) is 11.6 Å². The van der Waals surface area contributed by atoms with Crippen molar-refractivity contribution in [1.82, 2.24) is 15.2 Å². The number of carbonyl (C=O) groups excluding carboxylic acids is 2. The number of hydrogen-bond acceptors (Lipinski definition) is 5. The maximum absolute atomic E-state index is 14.1. The van der Waals surface area contributed by atoms with E-state index in [0.717, 1.165) is 18.9 Å². The van der Waals surface area contributed by atoms with E-state index in [2.05, 4.69) is 10.3 Å². The number of pyridine rings is 1. The van der Waals surface area contributed by atoms with Crippen molar-refractivity contribution in [2.45, 2.75) is 31.7 Å². The lowest BCUT2D eigenvalue weighted by molar-refractivity contribution is -0.00241. The molecule has 2 aromatic carbocycles. The Morgan fingerprint density at radius 1 is 1.05 bits per heavy atom. The summed E-state index contributed by atoms with van der Waals surface area (Å²) in [5.41, 5.74) is 0.426. The van der Waals surface area contributed by atoms with Gasteiger partial charge in [-0.15, -0.1) is 0 Å². The first-order valence-electron chi connectivity index (χ1n) is 12.3. The maximum Gasteiger partial charge on any atom is 0.257 e. The quantitative estimate of drug-likeness (QED) is 0.437. The number of amides is 2. The van der Waals surface area contributed by atoms with Crippen LogP contribution >= 0.6 is 11.6 Å². The van der Waals surface area contributed by atoms with Crippen LogP contribution in [0.25, 0.3) is 0 Å². The highest BCUT2D eigenvalue weighted by Gasteiger charge is 2.49. The molecule has 0 radical (unpaired) electrons. The molecule has 2 amide bonds. The summed E-state index contributed by atoms with van der Waals surface area (Å²) in [5.74, 6) is -2.24. The second-order valence-electron chi connectivity index (χ2n) is 9.60. The first kappa shape index (κ1) is 25.9. The molecule has 1 N–H and O–H groups in total. The van der Waals surface area contributed by atoms with Crippen LogP contribution in [0.15, 0.2) is 54.7 Å². The van der Waals surface area contributed by atoms with Crippen molar-refractivity contribution in [2.75, 3.05) is 20.2 Å². The number of likely N-dealkylation sites (tertiary alicyclic amines) is 1. The number of methoxy groups -OCH3 is 1. The summed E-state index contributed by atoms with van der Waals surface area (Å²) in [6.45, 7) is 0.913. The summed E-state index contributed by atoms with van der Waals surface area (Å²) < 4.78 is 38.3. The van der Waals surface area contributed by atoms with Gasteiger partial charge in [-0.25, -0.2) is 9.37 Å². The molecule has 1 atom stereocenters. The molecule has 1 aliphatic carbocycles. The third kappa shape index (κ3) is 5.03. The van der Waals surface area contributed by atoms with Crippen LogP contribution in [0.2, 0.25) is 5.02 Å². The van der Waals surface area contributed by atoms with E-state index >= 15 is 0 Å². The van der Waals surface area contributed by atoms with Crippen molar-refractivity contribution in [3.8, 4) is 17.4 Å². The fourth-order valence-corrected chi connectivity index (χ4v) is 5.32. The summed E-state index contributed by atoms with van der Waals surface area (Å²) in [4.78, 5) is 31.7. The Kier molecular flexibility index (Phi) is 7.21. The van der Waals surface area contributed by atoms with Gasteiger partial charge in [-0.1, -0.05) is 11.6 Å². The Morgan fingerprint density at radius 2 is 1.79 bits per heavy atom. The molecule has 1 saturated heterocycles. The highest BCUT2D eigenvalue weighted by molar-refractivity contribution is 6.30. The van der Waals surface area contributed by atoms with Crippen molar-refractivity contribution in [3.05, 3.63) is 82.5 Å². The van der Waals surface area contributed by atoms with E-state index in [4.69, 9.17) is 21.1 Å². The average Bonchev–Trinajstić information content (AvgIpc) is 2.93. The Morgan fingerprint density at radius 3 is 2.39 bits per heavy atom. The Hall–Kier alpha value is -3.72. The molecule has 2 fully saturated rings. The molecular formula is C28H26ClF2N3O4. The lowest BCUT2D eigenvalue weighted by Gasteiger charge is -2.54. The van der Waals surface area contributed by atoms with E-state index in [-0.39, 0.29) is 28.7 Å². The number of ether oxygens (including phenoxy) is 2. The van der Waals surface area contributed by atoms with E-state index in [1.807, 2.05) is 0 Å². The molecule has 1 aliphatic heterocycles. The number of piperidine rings is 1. The van der Waals surface area contributed by atoms with Crippen molar-refractivity contribution in [2.24, 2.45) is 5.41 Å². The standard InChI is InChI=1S/C28H26ClF2N3O4/c1-37-25-20(7-8-21(30)24(25)31)27(36)34-14-12-28(13-15-34)11-10-22(28)33-26(35)17-2-5-19(6-3-17)38-23-9-4-18(29)16-32-23/h2-9,16,22H,10-15H2,1H3,(H,33,35). The van der Waals surface area contributed by atoms with E-state index in [9.17, 15) is 18.4 Å². The van der Waals surface area contributed by atoms with Crippen LogP contribution in [-0.2, 0) is 0 Å². The highest BCUT2D eigenvalue weighted by Crippen LogP contribution is 2.49. The van der Waals surface area contributed by atoms with E-state index < -0.39 is 17.5 Å².